The van der Waals surface area contributed by atoms with Crippen LogP contribution in [0.5, 0.6) is 0 Å². The number of hydrogen-bond acceptors (Lipinski definition) is 1. The highest BCUT2D eigenvalue weighted by atomic mass is 14.9. The predicted octanol–water partition coefficient (Wildman–Crippen LogP) is 2.03. The number of nitrogens with one attached hydrogen (secondary N) is 1. The molecule has 1 nitrogen and oxygen atoms in total. The van der Waals surface area contributed by atoms with E-state index >= 15 is 0 Å². The highest BCUT2D eigenvalue weighted by Crippen LogP contribution is 2.18. The lowest BCUT2D eigenvalue weighted by molar-refractivity contribution is 0.322. The van der Waals surface area contributed by atoms with Crippen molar-refractivity contribution in [3.8, 4) is 0 Å². The number of piperidine rings is 1. The van der Waals surface area contributed by atoms with Gasteiger partial charge in [-0.2, -0.15) is 0 Å². The largest absolute Gasteiger partial charge is 0.316 e. The Morgan fingerprint density at radius 2 is 2.30 bits per heavy atom. The van der Waals surface area contributed by atoms with Gasteiger partial charge in [-0.15, -0.1) is 0 Å². The van der Waals surface area contributed by atoms with Gasteiger partial charge in [0, 0.05) is 0 Å². The molecule has 1 aliphatic heterocycles. The molecule has 1 N–H and O–H groups in total. The minimum absolute atomic E-state index is 0.880. The molecule has 0 aromatic carbocycles. The molecule has 0 saturated carbocycles. The molecule has 60 valence electrons. The van der Waals surface area contributed by atoms with Crippen LogP contribution in [0.3, 0.4) is 0 Å². The van der Waals surface area contributed by atoms with Gasteiger partial charge in [0.15, 0.2) is 0 Å². The molecule has 0 unspecified atom stereocenters. The fourth-order valence-electron chi connectivity index (χ4n) is 1.79. The number of hydrogen-bond donors (Lipinski definition) is 1. The minimum Gasteiger partial charge on any atom is -0.316 e. The summed E-state index contributed by atoms with van der Waals surface area (Å²) in [6, 6.07) is 0. The third-order valence-electron chi connectivity index (χ3n) is 2.20. The van der Waals surface area contributed by atoms with Crippen LogP contribution in [0.4, 0.5) is 0 Å². The van der Waals surface area contributed by atoms with Crippen molar-refractivity contribution in [3.63, 3.8) is 0 Å². The van der Waals surface area contributed by atoms with Crippen LogP contribution in [-0.4, -0.2) is 13.1 Å². The molecule has 1 heteroatoms. The Morgan fingerprint density at radius 1 is 1.50 bits per heavy atom. The zero-order valence-electron chi connectivity index (χ0n) is 7.19. The summed E-state index contributed by atoms with van der Waals surface area (Å²) in [7, 11) is 0. The third kappa shape index (κ3) is 2.70. The van der Waals surface area contributed by atoms with Gasteiger partial charge in [0.2, 0.25) is 0 Å². The first kappa shape index (κ1) is 8.06. The predicted molar refractivity (Wildman–Crippen MR) is 45.0 cm³/mol. The van der Waals surface area contributed by atoms with Crippen LogP contribution in [0.25, 0.3) is 0 Å². The first-order valence-electron chi connectivity index (χ1n) is 4.49. The van der Waals surface area contributed by atoms with E-state index < -0.39 is 0 Å². The van der Waals surface area contributed by atoms with Gasteiger partial charge >= 0.3 is 0 Å². The lowest BCUT2D eigenvalue weighted by atomic mass is 9.91. The van der Waals surface area contributed by atoms with E-state index in [0.717, 1.165) is 11.8 Å². The van der Waals surface area contributed by atoms with Gasteiger partial charge in [0.25, 0.3) is 0 Å². The fraction of sp³-hybridized carbons (Fsp3) is 1.00. The molecule has 0 aromatic heterocycles. The molecule has 0 radical (unpaired) electrons. The Hall–Kier alpha value is -0.0400. The van der Waals surface area contributed by atoms with Gasteiger partial charge in [0.05, 0.1) is 0 Å². The molecule has 1 heterocycles. The van der Waals surface area contributed by atoms with Crippen molar-refractivity contribution in [2.45, 2.75) is 33.1 Å². The first-order chi connectivity index (χ1) is 4.79. The molecule has 0 aromatic rings. The average Bonchev–Trinajstić information content (AvgIpc) is 1.88. The monoisotopic (exact) mass is 141 g/mol. The lowest BCUT2D eigenvalue weighted by Crippen LogP contribution is -2.30. The van der Waals surface area contributed by atoms with Crippen LogP contribution in [0, 0.1) is 11.8 Å². The van der Waals surface area contributed by atoms with Gasteiger partial charge in [-0.05, 0) is 44.2 Å². The van der Waals surface area contributed by atoms with E-state index in [9.17, 15) is 0 Å². The maximum absolute atomic E-state index is 3.44. The molecular weight excluding hydrogens is 122 g/mol. The van der Waals surface area contributed by atoms with Crippen molar-refractivity contribution in [1.82, 2.24) is 5.32 Å². The van der Waals surface area contributed by atoms with Crippen molar-refractivity contribution in [2.75, 3.05) is 13.1 Å². The maximum atomic E-state index is 3.44. The molecule has 0 bridgehead atoms. The normalized spacial score (nSPS) is 27.3. The summed E-state index contributed by atoms with van der Waals surface area (Å²) in [6.45, 7) is 7.13. The van der Waals surface area contributed by atoms with E-state index in [4.69, 9.17) is 0 Å². The van der Waals surface area contributed by atoms with E-state index in [-0.39, 0.29) is 0 Å². The molecular formula is C9H19N. The average molecular weight is 141 g/mol. The fourth-order valence-corrected chi connectivity index (χ4v) is 1.79. The second-order valence-corrected chi connectivity index (χ2v) is 3.84. The van der Waals surface area contributed by atoms with Gasteiger partial charge in [-0.3, -0.25) is 0 Å². The molecule has 0 amide bonds. The third-order valence-corrected chi connectivity index (χ3v) is 2.20. The summed E-state index contributed by atoms with van der Waals surface area (Å²) in [5, 5.41) is 3.44. The van der Waals surface area contributed by atoms with Crippen molar-refractivity contribution in [1.29, 1.82) is 0 Å². The Morgan fingerprint density at radius 3 is 2.80 bits per heavy atom. The van der Waals surface area contributed by atoms with Gasteiger partial charge < -0.3 is 5.32 Å². The van der Waals surface area contributed by atoms with E-state index in [1.165, 1.54) is 32.4 Å². The minimum atomic E-state index is 0.880. The highest BCUT2D eigenvalue weighted by Gasteiger charge is 2.13. The highest BCUT2D eigenvalue weighted by molar-refractivity contribution is 4.69. The molecule has 1 aliphatic rings. The van der Waals surface area contributed by atoms with Crippen LogP contribution in [-0.2, 0) is 0 Å². The molecule has 0 aliphatic carbocycles. The molecule has 1 rings (SSSR count). The summed E-state index contributed by atoms with van der Waals surface area (Å²) >= 11 is 0. The smallest absolute Gasteiger partial charge is 0.00204 e. The zero-order valence-corrected chi connectivity index (χ0v) is 7.19. The zero-order chi connectivity index (χ0) is 7.40. The summed E-state index contributed by atoms with van der Waals surface area (Å²) in [6.07, 6.45) is 4.25. The van der Waals surface area contributed by atoms with Crippen molar-refractivity contribution < 1.29 is 0 Å². The Labute approximate surface area is 64.2 Å². The Kier molecular flexibility index (Phi) is 3.20. The van der Waals surface area contributed by atoms with Crippen molar-refractivity contribution in [2.24, 2.45) is 11.8 Å². The first-order valence-corrected chi connectivity index (χ1v) is 4.49. The van der Waals surface area contributed by atoms with Crippen LogP contribution < -0.4 is 5.32 Å². The van der Waals surface area contributed by atoms with E-state index in [1.807, 2.05) is 0 Å². The second-order valence-electron chi connectivity index (χ2n) is 3.84. The maximum Gasteiger partial charge on any atom is -0.00204 e. The molecule has 0 spiro atoms. The van der Waals surface area contributed by atoms with Crippen LogP contribution in [0.15, 0.2) is 0 Å². The van der Waals surface area contributed by atoms with Gasteiger partial charge in [-0.25, -0.2) is 0 Å². The van der Waals surface area contributed by atoms with E-state index in [2.05, 4.69) is 19.2 Å². The van der Waals surface area contributed by atoms with E-state index in [0.29, 0.717) is 0 Å². The quantitative estimate of drug-likeness (QED) is 0.620. The molecule has 10 heavy (non-hydrogen) atoms. The summed E-state index contributed by atoms with van der Waals surface area (Å²) in [4.78, 5) is 0. The molecule has 1 atom stereocenters. The van der Waals surface area contributed by atoms with Crippen LogP contribution in [0.2, 0.25) is 0 Å². The SMILES string of the molecule is CC(C)C[C@H]1CCCNC1. The van der Waals surface area contributed by atoms with Crippen molar-refractivity contribution in [3.05, 3.63) is 0 Å². The second kappa shape index (κ2) is 3.97. The molecule has 1 saturated heterocycles. The van der Waals surface area contributed by atoms with Crippen molar-refractivity contribution >= 4 is 0 Å². The molecule has 1 fully saturated rings. The standard InChI is InChI=1S/C9H19N/c1-8(2)6-9-4-3-5-10-7-9/h8-10H,3-7H2,1-2H3/t9-/m1/s1. The lowest BCUT2D eigenvalue weighted by Gasteiger charge is -2.23. The summed E-state index contributed by atoms with van der Waals surface area (Å²) in [5.41, 5.74) is 0. The van der Waals surface area contributed by atoms with Gasteiger partial charge in [0.1, 0.15) is 0 Å². The van der Waals surface area contributed by atoms with E-state index in [1.54, 1.807) is 0 Å². The van der Waals surface area contributed by atoms with Crippen LogP contribution >= 0.6 is 0 Å². The number of rotatable bonds is 2. The topological polar surface area (TPSA) is 12.0 Å². The van der Waals surface area contributed by atoms with Crippen LogP contribution in [0.1, 0.15) is 33.1 Å². The summed E-state index contributed by atoms with van der Waals surface area (Å²) < 4.78 is 0. The Bertz CT molecular complexity index is 82.7. The Balaban J connectivity index is 2.13. The van der Waals surface area contributed by atoms with Gasteiger partial charge in [-0.1, -0.05) is 13.8 Å². The summed E-state index contributed by atoms with van der Waals surface area (Å²) in [5.74, 6) is 1.85.